The third-order valence-electron chi connectivity index (χ3n) is 0.816. The molecule has 0 radical (unpaired) electrons. The van der Waals surface area contributed by atoms with Crippen LogP contribution in [0.15, 0.2) is 0 Å². The van der Waals surface area contributed by atoms with Crippen LogP contribution >= 0.6 is 0 Å². The van der Waals surface area contributed by atoms with Gasteiger partial charge >= 0.3 is 0 Å². The van der Waals surface area contributed by atoms with Crippen molar-refractivity contribution in [2.45, 2.75) is 6.42 Å². The third kappa shape index (κ3) is 5.92. The Morgan fingerprint density at radius 1 is 1.00 bits per heavy atom. The Kier molecular flexibility index (Phi) is 5.85. The van der Waals surface area contributed by atoms with Crippen molar-refractivity contribution in [1.29, 1.82) is 0 Å². The summed E-state index contributed by atoms with van der Waals surface area (Å²) in [5, 5.41) is 3.87. The van der Waals surface area contributed by atoms with E-state index in [1.807, 2.05) is 10.6 Å². The molecule has 0 aromatic heterocycles. The molecule has 44 valence electrons. The van der Waals surface area contributed by atoms with Crippen LogP contribution in [0, 0.1) is 14.1 Å². The summed E-state index contributed by atoms with van der Waals surface area (Å²) in [5.74, 6) is 0. The van der Waals surface area contributed by atoms with Gasteiger partial charge in [-0.15, -0.1) is 0 Å². The normalized spacial score (nSPS) is 9.43. The summed E-state index contributed by atoms with van der Waals surface area (Å²) in [6.45, 7) is 2.23. The van der Waals surface area contributed by atoms with E-state index in [0.717, 1.165) is 13.1 Å². The highest BCUT2D eigenvalue weighted by atomic mass is 14.8. The van der Waals surface area contributed by atoms with Crippen LogP contribution < -0.4 is 10.6 Å². The standard InChI is InChI=1S/C5H14N2/c1-6-4-3-5-7-2/h1-7H2. The molecule has 0 unspecified atom stereocenters. The second kappa shape index (κ2) is 5.92. The van der Waals surface area contributed by atoms with E-state index in [0.29, 0.717) is 0 Å². The molecule has 2 heteroatoms. The lowest BCUT2D eigenvalue weighted by Gasteiger charge is -1.98. The lowest BCUT2D eigenvalue weighted by atomic mass is 10.4. The summed E-state index contributed by atoms with van der Waals surface area (Å²) < 4.78 is 0. The van der Waals surface area contributed by atoms with E-state index in [1.165, 1.54) is 6.42 Å². The largest absolute Gasteiger partial charge is 0.479 e. The smallest absolute Gasteiger partial charge is 0.0569 e. The van der Waals surface area contributed by atoms with Gasteiger partial charge in [-0.3, -0.25) is 0 Å². The molecule has 0 aliphatic rings. The van der Waals surface area contributed by atoms with Gasteiger partial charge in [0.15, 0.2) is 0 Å². The van der Waals surface area contributed by atoms with Crippen LogP contribution in [-0.2, 0) is 0 Å². The van der Waals surface area contributed by atoms with Crippen LogP contribution in [0.1, 0.15) is 6.42 Å². The molecule has 0 rings (SSSR count). The highest BCUT2D eigenvalue weighted by Crippen LogP contribution is 1.56. The minimum Gasteiger partial charge on any atom is -0.479 e. The van der Waals surface area contributed by atoms with Gasteiger partial charge < -0.3 is 10.6 Å². The maximum atomic E-state index is 3.60. The predicted octanol–water partition coefficient (Wildman–Crippen LogP) is -1.91. The van der Waals surface area contributed by atoms with Crippen LogP contribution in [0.25, 0.3) is 0 Å². The van der Waals surface area contributed by atoms with E-state index in [-0.39, 0.29) is 0 Å². The molecule has 0 fully saturated rings. The minimum atomic E-state index is 1.12. The first-order chi connectivity index (χ1) is 3.41. The summed E-state index contributed by atoms with van der Waals surface area (Å²) in [7, 11) is 7.20. The van der Waals surface area contributed by atoms with E-state index >= 15 is 0 Å². The molecule has 0 aromatic carbocycles. The second-order valence-electron chi connectivity index (χ2n) is 1.51. The fraction of sp³-hybridized carbons (Fsp3) is 0.600. The fourth-order valence-electron chi connectivity index (χ4n) is 0.407. The average Bonchev–Trinajstić information content (AvgIpc) is 1.69. The molecule has 0 amide bonds. The van der Waals surface area contributed by atoms with Crippen molar-refractivity contribution in [3.63, 3.8) is 0 Å². The molecule has 0 saturated carbocycles. The number of nitrogens with two attached hydrogens (primary N) is 2. The number of quaternary nitrogens is 2. The average molecular weight is 102 g/mol. The van der Waals surface area contributed by atoms with Gasteiger partial charge in [0.05, 0.1) is 13.1 Å². The molecular formula is C5H14N2. The number of hydrogen-bond donors (Lipinski definition) is 2. The Balaban J connectivity index is 2.45. The van der Waals surface area contributed by atoms with E-state index in [4.69, 9.17) is 0 Å². The molecular weight excluding hydrogens is 88.1 g/mol. The topological polar surface area (TPSA) is 33.2 Å². The first-order valence-corrected chi connectivity index (χ1v) is 2.63. The Morgan fingerprint density at radius 3 is 1.71 bits per heavy atom. The molecule has 0 aromatic rings. The van der Waals surface area contributed by atoms with Crippen LogP contribution in [-0.4, -0.2) is 13.1 Å². The zero-order valence-corrected chi connectivity index (χ0v) is 4.69. The monoisotopic (exact) mass is 102 g/mol. The lowest BCUT2D eigenvalue weighted by Crippen LogP contribution is -2.81. The van der Waals surface area contributed by atoms with Gasteiger partial charge in [0.25, 0.3) is 0 Å². The van der Waals surface area contributed by atoms with Gasteiger partial charge in [0.2, 0.25) is 0 Å². The Labute approximate surface area is 45.3 Å². The first-order valence-electron chi connectivity index (χ1n) is 2.63. The van der Waals surface area contributed by atoms with E-state index in [2.05, 4.69) is 14.1 Å². The van der Waals surface area contributed by atoms with Gasteiger partial charge in [-0.05, 0) is 0 Å². The van der Waals surface area contributed by atoms with Crippen molar-refractivity contribution in [3.8, 4) is 0 Å². The molecule has 2 nitrogen and oxygen atoms in total. The fourth-order valence-corrected chi connectivity index (χ4v) is 0.407. The van der Waals surface area contributed by atoms with E-state index in [9.17, 15) is 0 Å². The molecule has 0 atom stereocenters. The summed E-state index contributed by atoms with van der Waals surface area (Å²) in [5.41, 5.74) is 0. The van der Waals surface area contributed by atoms with Crippen LogP contribution in [0.4, 0.5) is 0 Å². The molecule has 0 heterocycles. The quantitative estimate of drug-likeness (QED) is 0.307. The van der Waals surface area contributed by atoms with Crippen LogP contribution in [0.3, 0.4) is 0 Å². The number of hydrogen-bond acceptors (Lipinski definition) is 0. The van der Waals surface area contributed by atoms with Crippen LogP contribution in [0.5, 0.6) is 0 Å². The SMILES string of the molecule is [CH2-][NH2+]CCC[NH2+][CH2-]. The highest BCUT2D eigenvalue weighted by Gasteiger charge is 1.78. The zero-order chi connectivity index (χ0) is 5.54. The van der Waals surface area contributed by atoms with Gasteiger partial charge in [-0.25, -0.2) is 0 Å². The minimum absolute atomic E-state index is 1.12. The van der Waals surface area contributed by atoms with Gasteiger partial charge in [0, 0.05) is 6.42 Å². The van der Waals surface area contributed by atoms with Gasteiger partial charge in [-0.1, -0.05) is 0 Å². The highest BCUT2D eigenvalue weighted by molar-refractivity contribution is 4.23. The Bertz CT molecular complexity index is 25.3. The summed E-state index contributed by atoms with van der Waals surface area (Å²) >= 11 is 0. The van der Waals surface area contributed by atoms with Crippen molar-refractivity contribution in [2.24, 2.45) is 0 Å². The van der Waals surface area contributed by atoms with Gasteiger partial charge in [0.1, 0.15) is 0 Å². The molecule has 0 aliphatic heterocycles. The molecule has 0 spiro atoms. The molecule has 4 N–H and O–H groups in total. The first kappa shape index (κ1) is 6.92. The van der Waals surface area contributed by atoms with E-state index < -0.39 is 0 Å². The van der Waals surface area contributed by atoms with Crippen molar-refractivity contribution < 1.29 is 10.6 Å². The lowest BCUT2D eigenvalue weighted by molar-refractivity contribution is -0.623. The summed E-state index contributed by atoms with van der Waals surface area (Å²) in [4.78, 5) is 0. The second-order valence-corrected chi connectivity index (χ2v) is 1.51. The summed E-state index contributed by atoms with van der Waals surface area (Å²) in [6, 6.07) is 0. The zero-order valence-electron chi connectivity index (χ0n) is 4.69. The summed E-state index contributed by atoms with van der Waals surface area (Å²) in [6.07, 6.45) is 1.20. The van der Waals surface area contributed by atoms with Crippen molar-refractivity contribution in [1.82, 2.24) is 0 Å². The van der Waals surface area contributed by atoms with Gasteiger partial charge in [-0.2, -0.15) is 14.1 Å². The Morgan fingerprint density at radius 2 is 1.43 bits per heavy atom. The molecule has 7 heavy (non-hydrogen) atoms. The van der Waals surface area contributed by atoms with E-state index in [1.54, 1.807) is 0 Å². The third-order valence-corrected chi connectivity index (χ3v) is 0.816. The molecule has 0 aliphatic carbocycles. The van der Waals surface area contributed by atoms with Crippen molar-refractivity contribution in [3.05, 3.63) is 14.1 Å². The van der Waals surface area contributed by atoms with Crippen LogP contribution in [0.2, 0.25) is 0 Å². The van der Waals surface area contributed by atoms with Crippen molar-refractivity contribution in [2.75, 3.05) is 13.1 Å². The maximum absolute atomic E-state index is 3.60. The maximum Gasteiger partial charge on any atom is 0.0569 e. The molecule has 0 bridgehead atoms. The van der Waals surface area contributed by atoms with Crippen molar-refractivity contribution >= 4 is 0 Å². The predicted molar refractivity (Wildman–Crippen MR) is 28.9 cm³/mol. The Hall–Kier alpha value is -0.0800. The molecule has 0 saturated heterocycles. The number of rotatable bonds is 4.